The highest BCUT2D eigenvalue weighted by Crippen LogP contribution is 2.43. The van der Waals surface area contributed by atoms with Crippen molar-refractivity contribution in [3.05, 3.63) is 12.2 Å². The van der Waals surface area contributed by atoms with Gasteiger partial charge in [-0.25, -0.2) is 4.57 Å². The van der Waals surface area contributed by atoms with Gasteiger partial charge in [-0.15, -0.1) is 0 Å². The Bertz CT molecular complexity index is 1250. The maximum Gasteiger partial charge on any atom is 0.472 e. The molecule has 0 aliphatic carbocycles. The van der Waals surface area contributed by atoms with E-state index < -0.39 is 26.5 Å². The van der Waals surface area contributed by atoms with E-state index in [0.717, 1.165) is 32.1 Å². The van der Waals surface area contributed by atoms with Crippen molar-refractivity contribution < 1.29 is 37.6 Å². The van der Waals surface area contributed by atoms with Crippen LogP contribution in [-0.2, 0) is 32.7 Å². The van der Waals surface area contributed by atoms with Gasteiger partial charge in [0.05, 0.1) is 13.2 Å². The van der Waals surface area contributed by atoms with Gasteiger partial charge in [-0.2, -0.15) is 0 Å². The van der Waals surface area contributed by atoms with Gasteiger partial charge >= 0.3 is 19.8 Å². The highest BCUT2D eigenvalue weighted by Gasteiger charge is 2.26. The summed E-state index contributed by atoms with van der Waals surface area (Å²) in [5.41, 5.74) is 5.38. The number of allylic oxidation sites excluding steroid dienone is 2. The summed E-state index contributed by atoms with van der Waals surface area (Å²) in [5.74, 6) is -0.805. The fourth-order valence-electron chi connectivity index (χ4n) is 10.4. The van der Waals surface area contributed by atoms with E-state index in [0.29, 0.717) is 6.42 Å². The number of carbonyl (C=O) groups excluding carboxylic acids is 2. The van der Waals surface area contributed by atoms with E-state index in [1.54, 1.807) is 0 Å². The zero-order valence-electron chi connectivity index (χ0n) is 50.8. The molecule has 0 amide bonds. The Kier molecular flexibility index (Phi) is 61.9. The number of unbranched alkanes of at least 4 members (excludes halogenated alkanes) is 50. The standard InChI is InChI=1S/C66H130NO8P/c1-3-5-7-9-11-13-15-17-19-20-21-22-23-24-25-26-27-28-29-30-31-32-33-34-35-36-37-38-39-40-41-42-43-44-45-47-49-51-53-55-57-59-66(69)75-64(63-74-76(70,71)73-61-60-67)62-72-65(68)58-56-54-52-50-48-46-18-16-14-12-10-8-6-4-2/h20-21,64H,3-19,22-63,67H2,1-2H3,(H,70,71)/b21-20-. The van der Waals surface area contributed by atoms with Crippen LogP contribution >= 0.6 is 7.82 Å². The zero-order chi connectivity index (χ0) is 55.2. The molecule has 0 aliphatic rings. The largest absolute Gasteiger partial charge is 0.472 e. The monoisotopic (exact) mass is 1100 g/mol. The highest BCUT2D eigenvalue weighted by molar-refractivity contribution is 7.47. The third-order valence-electron chi connectivity index (χ3n) is 15.4. The minimum atomic E-state index is -4.38. The molecule has 0 heterocycles. The molecule has 0 spiro atoms. The lowest BCUT2D eigenvalue weighted by atomic mass is 10.0. The summed E-state index contributed by atoms with van der Waals surface area (Å²) in [4.78, 5) is 35.2. The van der Waals surface area contributed by atoms with Crippen molar-refractivity contribution >= 4 is 19.8 Å². The summed E-state index contributed by atoms with van der Waals surface area (Å²) < 4.78 is 33.0. The normalized spacial score (nSPS) is 12.9. The van der Waals surface area contributed by atoms with E-state index >= 15 is 0 Å². The summed E-state index contributed by atoms with van der Waals surface area (Å²) in [6, 6.07) is 0. The lowest BCUT2D eigenvalue weighted by Crippen LogP contribution is -2.29. The molecule has 9 nitrogen and oxygen atoms in total. The number of ether oxygens (including phenoxy) is 2. The molecule has 3 N–H and O–H groups in total. The predicted molar refractivity (Wildman–Crippen MR) is 326 cm³/mol. The molecule has 0 fully saturated rings. The smallest absolute Gasteiger partial charge is 0.462 e. The summed E-state index contributed by atoms with van der Waals surface area (Å²) >= 11 is 0. The number of carbonyl (C=O) groups is 2. The molecule has 0 saturated carbocycles. The van der Waals surface area contributed by atoms with E-state index in [1.807, 2.05) is 0 Å². The van der Waals surface area contributed by atoms with Crippen LogP contribution in [0.4, 0.5) is 0 Å². The lowest BCUT2D eigenvalue weighted by Gasteiger charge is -2.19. The maximum absolute atomic E-state index is 12.7. The molecule has 0 aromatic rings. The Labute approximate surface area is 472 Å². The van der Waals surface area contributed by atoms with Crippen LogP contribution in [-0.4, -0.2) is 49.3 Å². The number of phosphoric acid groups is 1. The van der Waals surface area contributed by atoms with Gasteiger partial charge in [0.1, 0.15) is 6.61 Å². The van der Waals surface area contributed by atoms with Crippen molar-refractivity contribution in [1.82, 2.24) is 0 Å². The predicted octanol–water partition coefficient (Wildman–Crippen LogP) is 21.6. The summed E-state index contributed by atoms with van der Waals surface area (Å²) in [6.45, 7) is 3.81. The van der Waals surface area contributed by atoms with Crippen LogP contribution in [0.15, 0.2) is 12.2 Å². The number of rotatable bonds is 65. The van der Waals surface area contributed by atoms with Gasteiger partial charge in [-0.3, -0.25) is 18.6 Å². The molecule has 0 aromatic carbocycles. The summed E-state index contributed by atoms with van der Waals surface area (Å²) in [7, 11) is -4.38. The number of hydrogen-bond acceptors (Lipinski definition) is 8. The molecule has 0 aromatic heterocycles. The first-order valence-electron chi connectivity index (χ1n) is 33.7. The van der Waals surface area contributed by atoms with Gasteiger partial charge in [0, 0.05) is 19.4 Å². The first kappa shape index (κ1) is 74.8. The van der Waals surface area contributed by atoms with Crippen molar-refractivity contribution in [2.24, 2.45) is 5.73 Å². The second kappa shape index (κ2) is 62.9. The quantitative estimate of drug-likeness (QED) is 0.0264. The van der Waals surface area contributed by atoms with Crippen LogP contribution in [0.2, 0.25) is 0 Å². The van der Waals surface area contributed by atoms with Crippen LogP contribution < -0.4 is 5.73 Å². The number of nitrogens with two attached hydrogens (primary N) is 1. The maximum atomic E-state index is 12.7. The minimum Gasteiger partial charge on any atom is -0.462 e. The van der Waals surface area contributed by atoms with Crippen LogP contribution in [0.3, 0.4) is 0 Å². The Balaban J connectivity index is 3.68. The van der Waals surface area contributed by atoms with Crippen LogP contribution in [0.1, 0.15) is 367 Å². The summed E-state index contributed by atoms with van der Waals surface area (Å²) in [5, 5.41) is 0. The average Bonchev–Trinajstić information content (AvgIpc) is 3.41. The molecule has 10 heteroatoms. The SMILES string of the molecule is CCCCCCCCCC/C=C\CCCCCCCCCCCCCCCCCCCCCCCCCCCCCCCC(=O)OC(COC(=O)CCCCCCCCCCCCCCCC)COP(=O)(O)OCCN. The van der Waals surface area contributed by atoms with Gasteiger partial charge in [0.25, 0.3) is 0 Å². The van der Waals surface area contributed by atoms with Crippen molar-refractivity contribution in [3.8, 4) is 0 Å². The van der Waals surface area contributed by atoms with Crippen LogP contribution in [0.25, 0.3) is 0 Å². The Morgan fingerprint density at radius 1 is 0.382 bits per heavy atom. The van der Waals surface area contributed by atoms with E-state index in [2.05, 4.69) is 26.0 Å². The van der Waals surface area contributed by atoms with Crippen LogP contribution in [0, 0.1) is 0 Å². The molecule has 0 rings (SSSR count). The number of hydrogen-bond donors (Lipinski definition) is 2. The van der Waals surface area contributed by atoms with Crippen LogP contribution in [0.5, 0.6) is 0 Å². The molecule has 2 atom stereocenters. The molecule has 0 bridgehead atoms. The fraction of sp³-hybridized carbons (Fsp3) is 0.939. The van der Waals surface area contributed by atoms with E-state index in [-0.39, 0.29) is 38.6 Å². The van der Waals surface area contributed by atoms with E-state index in [9.17, 15) is 19.0 Å². The molecule has 0 aliphatic heterocycles. The Morgan fingerprint density at radius 3 is 0.934 bits per heavy atom. The first-order chi connectivity index (χ1) is 37.3. The van der Waals surface area contributed by atoms with E-state index in [1.165, 1.54) is 302 Å². The minimum absolute atomic E-state index is 0.0580. The molecule has 0 radical (unpaired) electrons. The van der Waals surface area contributed by atoms with Crippen molar-refractivity contribution in [2.75, 3.05) is 26.4 Å². The second-order valence-corrected chi connectivity index (χ2v) is 24.5. The van der Waals surface area contributed by atoms with Gasteiger partial charge in [0.15, 0.2) is 6.10 Å². The molecule has 0 saturated heterocycles. The van der Waals surface area contributed by atoms with Crippen molar-refractivity contribution in [3.63, 3.8) is 0 Å². The van der Waals surface area contributed by atoms with Crippen molar-refractivity contribution in [2.45, 2.75) is 373 Å². The highest BCUT2D eigenvalue weighted by atomic mass is 31.2. The second-order valence-electron chi connectivity index (χ2n) is 23.1. The lowest BCUT2D eigenvalue weighted by molar-refractivity contribution is -0.161. The van der Waals surface area contributed by atoms with Gasteiger partial charge < -0.3 is 20.1 Å². The molecule has 452 valence electrons. The topological polar surface area (TPSA) is 134 Å². The first-order valence-corrected chi connectivity index (χ1v) is 35.2. The van der Waals surface area contributed by atoms with Crippen molar-refractivity contribution in [1.29, 1.82) is 0 Å². The van der Waals surface area contributed by atoms with Gasteiger partial charge in [0.2, 0.25) is 0 Å². The molecule has 2 unspecified atom stereocenters. The molecular weight excluding hydrogens is 966 g/mol. The molecule has 76 heavy (non-hydrogen) atoms. The number of esters is 2. The average molecular weight is 1100 g/mol. The van der Waals surface area contributed by atoms with Gasteiger partial charge in [-0.1, -0.05) is 328 Å². The molecular formula is C66H130NO8P. The third-order valence-corrected chi connectivity index (χ3v) is 16.4. The van der Waals surface area contributed by atoms with Gasteiger partial charge in [-0.05, 0) is 38.5 Å². The Hall–Kier alpha value is -1.25. The number of phosphoric ester groups is 1. The fourth-order valence-corrected chi connectivity index (χ4v) is 11.2. The van der Waals surface area contributed by atoms with E-state index in [4.69, 9.17) is 24.3 Å². The Morgan fingerprint density at radius 2 is 0.645 bits per heavy atom. The third kappa shape index (κ3) is 62.0. The zero-order valence-corrected chi connectivity index (χ0v) is 51.7. The summed E-state index contributed by atoms with van der Waals surface area (Å²) in [6.07, 6.45) is 74.8.